The minimum absolute atomic E-state index is 0.223. The minimum atomic E-state index is -0.223. The van der Waals surface area contributed by atoms with E-state index in [1.807, 2.05) is 11.4 Å². The molecule has 2 aromatic rings. The lowest BCUT2D eigenvalue weighted by molar-refractivity contribution is 0.624. The Balaban J connectivity index is 1.95. The summed E-state index contributed by atoms with van der Waals surface area (Å²) >= 11 is 3.08. The van der Waals surface area contributed by atoms with Gasteiger partial charge in [-0.2, -0.15) is 5.26 Å². The van der Waals surface area contributed by atoms with E-state index in [2.05, 4.69) is 11.1 Å². The molecule has 1 aromatic heterocycles. The number of rotatable bonds is 4. The van der Waals surface area contributed by atoms with Crippen molar-refractivity contribution in [1.82, 2.24) is 4.98 Å². The fourth-order valence-electron chi connectivity index (χ4n) is 1.28. The van der Waals surface area contributed by atoms with Gasteiger partial charge in [-0.1, -0.05) is 6.07 Å². The van der Waals surface area contributed by atoms with Crippen LogP contribution in [0.5, 0.6) is 0 Å². The van der Waals surface area contributed by atoms with Gasteiger partial charge in [-0.15, -0.1) is 23.1 Å². The third-order valence-electron chi connectivity index (χ3n) is 2.02. The smallest absolute Gasteiger partial charge is 0.124 e. The molecule has 0 aliphatic carbocycles. The van der Waals surface area contributed by atoms with Crippen LogP contribution in [-0.4, -0.2) is 4.98 Å². The van der Waals surface area contributed by atoms with Crippen LogP contribution in [0.3, 0.4) is 0 Å². The summed E-state index contributed by atoms with van der Waals surface area (Å²) in [6.07, 6.45) is 0.348. The average molecular weight is 264 g/mol. The fourth-order valence-corrected chi connectivity index (χ4v) is 3.03. The summed E-state index contributed by atoms with van der Waals surface area (Å²) in [6.45, 7) is 0. The Kier molecular flexibility index (Phi) is 4.13. The Bertz CT molecular complexity index is 545. The lowest BCUT2D eigenvalue weighted by Gasteiger charge is -1.98. The molecule has 86 valence electrons. The Morgan fingerprint density at radius 2 is 2.35 bits per heavy atom. The summed E-state index contributed by atoms with van der Waals surface area (Å²) in [5, 5.41) is 11.4. The largest absolute Gasteiger partial charge is 0.244 e. The predicted octanol–water partition coefficient (Wildman–Crippen LogP) is 3.64. The molecule has 0 aliphatic rings. The van der Waals surface area contributed by atoms with Crippen LogP contribution >= 0.6 is 23.1 Å². The Labute approximate surface area is 107 Å². The first-order chi connectivity index (χ1) is 8.28. The van der Waals surface area contributed by atoms with Crippen molar-refractivity contribution in [2.24, 2.45) is 0 Å². The molecule has 5 heteroatoms. The molecule has 0 fully saturated rings. The summed E-state index contributed by atoms with van der Waals surface area (Å²) < 4.78 is 12.9. The van der Waals surface area contributed by atoms with Crippen LogP contribution in [0.25, 0.3) is 0 Å². The number of thioether (sulfide) groups is 1. The van der Waals surface area contributed by atoms with Crippen molar-refractivity contribution in [3.8, 4) is 6.07 Å². The van der Waals surface area contributed by atoms with Gasteiger partial charge in [0.05, 0.1) is 23.9 Å². The zero-order valence-corrected chi connectivity index (χ0v) is 10.5. The topological polar surface area (TPSA) is 36.7 Å². The van der Waals surface area contributed by atoms with Crippen LogP contribution < -0.4 is 0 Å². The predicted molar refractivity (Wildman–Crippen MR) is 67.4 cm³/mol. The molecule has 0 saturated carbocycles. The van der Waals surface area contributed by atoms with Crippen LogP contribution in [0, 0.1) is 17.1 Å². The molecule has 0 radical (unpaired) electrons. The summed E-state index contributed by atoms with van der Waals surface area (Å²) in [5.41, 5.74) is 0.812. The second-order valence-corrected chi connectivity index (χ2v) is 5.30. The highest BCUT2D eigenvalue weighted by Crippen LogP contribution is 2.24. The summed E-state index contributed by atoms with van der Waals surface area (Å²) in [6, 6.07) is 8.57. The highest BCUT2D eigenvalue weighted by atomic mass is 32.2. The van der Waals surface area contributed by atoms with E-state index in [-0.39, 0.29) is 5.82 Å². The van der Waals surface area contributed by atoms with Crippen LogP contribution in [0.1, 0.15) is 10.7 Å². The number of hydrogen-bond donors (Lipinski definition) is 0. The van der Waals surface area contributed by atoms with Crippen molar-refractivity contribution in [2.45, 2.75) is 17.1 Å². The highest BCUT2D eigenvalue weighted by molar-refractivity contribution is 7.98. The monoisotopic (exact) mass is 264 g/mol. The maximum Gasteiger partial charge on any atom is 0.124 e. The molecule has 2 rings (SSSR count). The van der Waals surface area contributed by atoms with Crippen molar-refractivity contribution in [2.75, 3.05) is 0 Å². The van der Waals surface area contributed by atoms with E-state index in [9.17, 15) is 4.39 Å². The number of nitrogens with zero attached hydrogens (tertiary/aromatic N) is 2. The number of halogens is 1. The molecule has 0 aliphatic heterocycles. The first-order valence-corrected chi connectivity index (χ1v) is 6.83. The van der Waals surface area contributed by atoms with E-state index in [0.717, 1.165) is 15.6 Å². The zero-order valence-electron chi connectivity index (χ0n) is 8.89. The maximum atomic E-state index is 12.9. The molecule has 1 aromatic carbocycles. The van der Waals surface area contributed by atoms with E-state index < -0.39 is 0 Å². The molecule has 0 saturated heterocycles. The summed E-state index contributed by atoms with van der Waals surface area (Å²) in [7, 11) is 0. The normalized spacial score (nSPS) is 10.1. The molecule has 0 N–H and O–H groups in total. The average Bonchev–Trinajstić information content (AvgIpc) is 2.75. The molecule has 0 unspecified atom stereocenters. The van der Waals surface area contributed by atoms with Gasteiger partial charge in [0.2, 0.25) is 0 Å². The second-order valence-electron chi connectivity index (χ2n) is 3.31. The first-order valence-electron chi connectivity index (χ1n) is 4.96. The van der Waals surface area contributed by atoms with Gasteiger partial charge in [0, 0.05) is 10.3 Å². The number of benzene rings is 1. The maximum absolute atomic E-state index is 12.9. The highest BCUT2D eigenvalue weighted by Gasteiger charge is 2.03. The van der Waals surface area contributed by atoms with Crippen LogP contribution in [0.2, 0.25) is 0 Å². The van der Waals surface area contributed by atoms with Gasteiger partial charge in [-0.3, -0.25) is 0 Å². The second kappa shape index (κ2) is 5.80. The summed E-state index contributed by atoms with van der Waals surface area (Å²) in [5.74, 6) is 0.485. The van der Waals surface area contributed by atoms with Crippen LogP contribution in [0.4, 0.5) is 4.39 Å². The fraction of sp³-hybridized carbons (Fsp3) is 0.167. The number of aromatic nitrogens is 1. The van der Waals surface area contributed by atoms with Crippen LogP contribution in [0.15, 0.2) is 34.5 Å². The third-order valence-corrected chi connectivity index (χ3v) is 4.10. The Morgan fingerprint density at radius 3 is 3.12 bits per heavy atom. The molecule has 0 atom stereocenters. The van der Waals surface area contributed by atoms with Crippen molar-refractivity contribution >= 4 is 23.1 Å². The number of hydrogen-bond acceptors (Lipinski definition) is 4. The Morgan fingerprint density at radius 1 is 1.47 bits per heavy atom. The SMILES string of the molecule is N#CCc1csc(CSc2cccc(F)c2)n1. The molecule has 1 heterocycles. The molecular weight excluding hydrogens is 255 g/mol. The quantitative estimate of drug-likeness (QED) is 0.791. The van der Waals surface area contributed by atoms with E-state index in [4.69, 9.17) is 5.26 Å². The van der Waals surface area contributed by atoms with E-state index >= 15 is 0 Å². The zero-order chi connectivity index (χ0) is 12.1. The molecule has 0 spiro atoms. The lowest BCUT2D eigenvalue weighted by atomic mass is 10.4. The number of nitriles is 1. The van der Waals surface area contributed by atoms with Gasteiger partial charge < -0.3 is 0 Å². The summed E-state index contributed by atoms with van der Waals surface area (Å²) in [4.78, 5) is 5.21. The van der Waals surface area contributed by atoms with Gasteiger partial charge in [0.15, 0.2) is 0 Å². The first kappa shape index (κ1) is 12.1. The van der Waals surface area contributed by atoms with Crippen molar-refractivity contribution in [3.05, 3.63) is 46.2 Å². The number of thiazole rings is 1. The minimum Gasteiger partial charge on any atom is -0.244 e. The van der Waals surface area contributed by atoms with Crippen molar-refractivity contribution in [3.63, 3.8) is 0 Å². The van der Waals surface area contributed by atoms with Gasteiger partial charge in [0.25, 0.3) is 0 Å². The Hall–Kier alpha value is -1.38. The van der Waals surface area contributed by atoms with Gasteiger partial charge in [-0.05, 0) is 18.2 Å². The molecule has 0 bridgehead atoms. The van der Waals surface area contributed by atoms with Gasteiger partial charge in [-0.25, -0.2) is 9.37 Å². The van der Waals surface area contributed by atoms with Gasteiger partial charge in [0.1, 0.15) is 10.8 Å². The molecule has 2 nitrogen and oxygen atoms in total. The third kappa shape index (κ3) is 3.55. The van der Waals surface area contributed by atoms with Crippen LogP contribution in [-0.2, 0) is 12.2 Å². The molecule has 17 heavy (non-hydrogen) atoms. The lowest BCUT2D eigenvalue weighted by Crippen LogP contribution is -1.84. The molecular formula is C12H9FN2S2. The van der Waals surface area contributed by atoms with Gasteiger partial charge >= 0.3 is 0 Å². The molecule has 0 amide bonds. The van der Waals surface area contributed by atoms with E-state index in [1.165, 1.54) is 23.5 Å². The van der Waals surface area contributed by atoms with Crippen molar-refractivity contribution < 1.29 is 4.39 Å². The van der Waals surface area contributed by atoms with Crippen molar-refractivity contribution in [1.29, 1.82) is 5.26 Å². The van der Waals surface area contributed by atoms with E-state index in [1.54, 1.807) is 17.8 Å². The van der Waals surface area contributed by atoms with E-state index in [0.29, 0.717) is 12.2 Å². The standard InChI is InChI=1S/C12H9FN2S2/c13-9-2-1-3-11(6-9)16-8-12-15-10(4-5-14)7-17-12/h1-3,6-7H,4,8H2.